The number of amides is 1. The van der Waals surface area contributed by atoms with Crippen molar-refractivity contribution < 1.29 is 42.2 Å². The van der Waals surface area contributed by atoms with Gasteiger partial charge in [0, 0.05) is 37.0 Å². The molecule has 0 unspecified atom stereocenters. The molecule has 3 N–H and O–H groups in total. The Labute approximate surface area is 328 Å². The molecule has 0 aromatic carbocycles. The summed E-state index contributed by atoms with van der Waals surface area (Å²) in [6.45, 7) is 11.1. The van der Waals surface area contributed by atoms with Crippen LogP contribution in [0.3, 0.4) is 0 Å². The van der Waals surface area contributed by atoms with Crippen LogP contribution in [0.5, 0.6) is 0 Å². The number of hydrogen-bond acceptors (Lipinski definition) is 11. The predicted octanol–water partition coefficient (Wildman–Crippen LogP) is 9.52. The molecule has 0 radical (unpaired) electrons. The second-order valence-corrected chi connectivity index (χ2v) is 17.4. The molecule has 0 aromatic rings. The first-order chi connectivity index (χ1) is 25.6. The van der Waals surface area contributed by atoms with Crippen molar-refractivity contribution in [3.05, 3.63) is 0 Å². The summed E-state index contributed by atoms with van der Waals surface area (Å²) >= 11 is 1.39. The average molecular weight is 795 g/mol. The highest BCUT2D eigenvalue weighted by molar-refractivity contribution is 7.99. The van der Waals surface area contributed by atoms with E-state index in [1.165, 1.54) is 88.8 Å². The molecule has 0 aliphatic rings. The largest absolute Gasteiger partial charge is 0.462 e. The molecule has 0 saturated heterocycles. The van der Waals surface area contributed by atoms with Gasteiger partial charge in [-0.3, -0.25) is 18.9 Å². The van der Waals surface area contributed by atoms with Gasteiger partial charge in [-0.2, -0.15) is 11.8 Å². The van der Waals surface area contributed by atoms with Gasteiger partial charge in [0.25, 0.3) is 0 Å². The zero-order valence-corrected chi connectivity index (χ0v) is 36.1. The van der Waals surface area contributed by atoms with Gasteiger partial charge in [0.05, 0.1) is 32.0 Å². The van der Waals surface area contributed by atoms with E-state index in [0.717, 1.165) is 38.5 Å². The molecule has 0 fully saturated rings. The van der Waals surface area contributed by atoms with Crippen LogP contribution < -0.4 is 11.1 Å². The van der Waals surface area contributed by atoms with Crippen molar-refractivity contribution in [2.75, 3.05) is 50.7 Å². The smallest absolute Gasteiger partial charge is 0.330 e. The van der Waals surface area contributed by atoms with Crippen molar-refractivity contribution in [1.82, 2.24) is 5.32 Å². The summed E-state index contributed by atoms with van der Waals surface area (Å²) < 4.78 is 40.1. The van der Waals surface area contributed by atoms with Gasteiger partial charge in [0.2, 0.25) is 5.91 Å². The minimum Gasteiger partial charge on any atom is -0.462 e. The van der Waals surface area contributed by atoms with E-state index in [9.17, 15) is 18.9 Å². The van der Waals surface area contributed by atoms with Crippen LogP contribution >= 0.6 is 19.4 Å². The van der Waals surface area contributed by atoms with Gasteiger partial charge in [-0.1, -0.05) is 117 Å². The molecule has 0 aliphatic carbocycles. The van der Waals surface area contributed by atoms with E-state index in [0.29, 0.717) is 50.6 Å². The standard InChI is InChI=1S/C40H79N2O9PS/c1-6-10-12-14-16-18-20-22-24-27-38(43)48-32-36(51-39(44)28-25-23-21-19-17-15-13-11-7-2)33-53-34-37(41)40(45)42-35(5)31-47-29-26-30-52(46,49-8-3)50-9-4/h35-37H,6-34,41H2,1-5H3,(H,42,45)/t35-,36+,37-/m0/s1. The molecule has 0 saturated carbocycles. The van der Waals surface area contributed by atoms with Crippen LogP contribution in [0.4, 0.5) is 0 Å². The third-order valence-corrected chi connectivity index (χ3v) is 12.1. The number of carbonyl (C=O) groups is 3. The van der Waals surface area contributed by atoms with Crippen LogP contribution in [0.15, 0.2) is 0 Å². The molecule has 13 heteroatoms. The van der Waals surface area contributed by atoms with E-state index in [1.807, 2.05) is 6.92 Å². The second kappa shape index (κ2) is 36.5. The van der Waals surface area contributed by atoms with Gasteiger partial charge >= 0.3 is 19.5 Å². The van der Waals surface area contributed by atoms with Crippen LogP contribution in [-0.2, 0) is 42.2 Å². The van der Waals surface area contributed by atoms with Crippen LogP contribution in [0.2, 0.25) is 0 Å². The average Bonchev–Trinajstić information content (AvgIpc) is 3.12. The highest BCUT2D eigenvalue weighted by atomic mass is 32.2. The van der Waals surface area contributed by atoms with E-state index < -0.39 is 19.7 Å². The summed E-state index contributed by atoms with van der Waals surface area (Å²) in [4.78, 5) is 38.0. The number of nitrogens with one attached hydrogen (secondary N) is 1. The first-order valence-electron chi connectivity index (χ1n) is 21.0. The maximum Gasteiger partial charge on any atom is 0.330 e. The Bertz CT molecular complexity index is 936. The zero-order valence-electron chi connectivity index (χ0n) is 34.3. The fourth-order valence-corrected chi connectivity index (χ4v) is 8.36. The van der Waals surface area contributed by atoms with Gasteiger partial charge in [0.15, 0.2) is 0 Å². The van der Waals surface area contributed by atoms with Gasteiger partial charge in [-0.25, -0.2) is 0 Å². The molecular weight excluding hydrogens is 715 g/mol. The molecule has 0 bridgehead atoms. The number of unbranched alkanes of at least 4 members (excludes halogenated alkanes) is 16. The number of carbonyl (C=O) groups excluding carboxylic acids is 3. The fourth-order valence-electron chi connectivity index (χ4n) is 5.75. The molecule has 53 heavy (non-hydrogen) atoms. The lowest BCUT2D eigenvalue weighted by Gasteiger charge is -2.20. The highest BCUT2D eigenvalue weighted by Crippen LogP contribution is 2.48. The van der Waals surface area contributed by atoms with Crippen LogP contribution in [-0.4, -0.2) is 86.7 Å². The number of hydrogen-bond donors (Lipinski definition) is 2. The number of ether oxygens (including phenoxy) is 3. The number of rotatable bonds is 39. The molecular formula is C40H79N2O9PS. The summed E-state index contributed by atoms with van der Waals surface area (Å²) in [5.74, 6) is -0.202. The van der Waals surface area contributed by atoms with Gasteiger partial charge in [-0.05, 0) is 40.0 Å². The molecule has 0 aliphatic heterocycles. The Kier molecular flexibility index (Phi) is 35.7. The minimum atomic E-state index is -3.10. The summed E-state index contributed by atoms with van der Waals surface area (Å²) in [5.41, 5.74) is 6.19. The van der Waals surface area contributed by atoms with E-state index in [-0.39, 0.29) is 43.3 Å². The third kappa shape index (κ3) is 32.8. The maximum absolute atomic E-state index is 12.7. The van der Waals surface area contributed by atoms with Crippen molar-refractivity contribution in [2.24, 2.45) is 5.73 Å². The van der Waals surface area contributed by atoms with Crippen molar-refractivity contribution in [2.45, 2.75) is 188 Å². The number of nitrogens with two attached hydrogens (primary N) is 1. The minimum absolute atomic E-state index is 0.00678. The predicted molar refractivity (Wildman–Crippen MR) is 219 cm³/mol. The molecule has 0 spiro atoms. The summed E-state index contributed by atoms with van der Waals surface area (Å²) in [6.07, 6.45) is 21.9. The Hall–Kier alpha value is -1.17. The van der Waals surface area contributed by atoms with Gasteiger partial charge in [0.1, 0.15) is 12.7 Å². The van der Waals surface area contributed by atoms with Gasteiger partial charge < -0.3 is 34.3 Å². The molecule has 314 valence electrons. The third-order valence-electron chi connectivity index (χ3n) is 8.76. The molecule has 1 amide bonds. The highest BCUT2D eigenvalue weighted by Gasteiger charge is 2.23. The lowest BCUT2D eigenvalue weighted by Crippen LogP contribution is -2.47. The first-order valence-corrected chi connectivity index (χ1v) is 23.9. The maximum atomic E-state index is 12.7. The lowest BCUT2D eigenvalue weighted by molar-refractivity contribution is -0.157. The van der Waals surface area contributed by atoms with Crippen molar-refractivity contribution >= 4 is 37.2 Å². The SMILES string of the molecule is CCCCCCCCCCCC(=O)OC[C@H](CSC[C@H](N)C(=O)N[C@@H](C)COCCCP(=O)(OCC)OCC)OC(=O)CCCCCCCCCCC. The Balaban J connectivity index is 4.64. The molecule has 3 atom stereocenters. The Morgan fingerprint density at radius 1 is 0.660 bits per heavy atom. The monoisotopic (exact) mass is 795 g/mol. The normalized spacial score (nSPS) is 13.4. The lowest BCUT2D eigenvalue weighted by atomic mass is 10.1. The van der Waals surface area contributed by atoms with Crippen LogP contribution in [0.25, 0.3) is 0 Å². The topological polar surface area (TPSA) is 152 Å². The van der Waals surface area contributed by atoms with Crippen LogP contribution in [0, 0.1) is 0 Å². The zero-order chi connectivity index (χ0) is 39.4. The molecule has 0 rings (SSSR count). The summed E-state index contributed by atoms with van der Waals surface area (Å²) in [7, 11) is -3.10. The summed E-state index contributed by atoms with van der Waals surface area (Å²) in [6, 6.07) is -1.05. The van der Waals surface area contributed by atoms with E-state index in [1.54, 1.807) is 13.8 Å². The van der Waals surface area contributed by atoms with Crippen molar-refractivity contribution in [3.8, 4) is 0 Å². The van der Waals surface area contributed by atoms with Gasteiger partial charge in [-0.15, -0.1) is 0 Å². The second-order valence-electron chi connectivity index (χ2n) is 14.1. The van der Waals surface area contributed by atoms with Crippen molar-refractivity contribution in [1.29, 1.82) is 0 Å². The van der Waals surface area contributed by atoms with E-state index in [2.05, 4.69) is 19.2 Å². The molecule has 0 heterocycles. The van der Waals surface area contributed by atoms with Crippen LogP contribution in [0.1, 0.15) is 169 Å². The molecule has 11 nitrogen and oxygen atoms in total. The molecule has 0 aromatic heterocycles. The Morgan fingerprint density at radius 2 is 1.15 bits per heavy atom. The van der Waals surface area contributed by atoms with Crippen molar-refractivity contribution in [3.63, 3.8) is 0 Å². The fraction of sp³-hybridized carbons (Fsp3) is 0.925. The van der Waals surface area contributed by atoms with E-state index in [4.69, 9.17) is 29.0 Å². The Morgan fingerprint density at radius 3 is 1.66 bits per heavy atom. The number of esters is 2. The summed E-state index contributed by atoms with van der Waals surface area (Å²) in [5, 5.41) is 2.87. The number of thioether (sulfide) groups is 1. The first kappa shape index (κ1) is 51.8. The quantitative estimate of drug-likeness (QED) is 0.0348. The van der Waals surface area contributed by atoms with E-state index >= 15 is 0 Å².